The Labute approximate surface area is 73.8 Å². The highest BCUT2D eigenvalue weighted by Crippen LogP contribution is 2.35. The van der Waals surface area contributed by atoms with Crippen LogP contribution in [0.4, 0.5) is 26.3 Å². The highest BCUT2D eigenvalue weighted by Gasteiger charge is 2.46. The molecule has 0 bridgehead atoms. The molecule has 0 aliphatic carbocycles. The summed E-state index contributed by atoms with van der Waals surface area (Å²) in [6, 6.07) is 0. The van der Waals surface area contributed by atoms with Gasteiger partial charge in [0.1, 0.15) is 5.57 Å². The number of halogens is 6. The van der Waals surface area contributed by atoms with Gasteiger partial charge in [0.15, 0.2) is 0 Å². The van der Waals surface area contributed by atoms with Gasteiger partial charge < -0.3 is 5.11 Å². The summed E-state index contributed by atoms with van der Waals surface area (Å²) in [5.41, 5.74) is -4.76. The maximum atomic E-state index is 11.8. The molecule has 0 aromatic rings. The van der Waals surface area contributed by atoms with Crippen LogP contribution >= 0.6 is 0 Å². The number of aliphatic carboxylic acids is 1. The number of allylic oxidation sites excluding steroid dienone is 1. The Morgan fingerprint density at radius 3 is 1.43 bits per heavy atom. The van der Waals surface area contributed by atoms with Crippen LogP contribution in [0.3, 0.4) is 0 Å². The fraction of sp³-hybridized carbons (Fsp3) is 0.500. The largest absolute Gasteiger partial charge is 0.478 e. The van der Waals surface area contributed by atoms with Gasteiger partial charge in [-0.1, -0.05) is 0 Å². The van der Waals surface area contributed by atoms with Crippen molar-refractivity contribution in [2.24, 2.45) is 0 Å². The van der Waals surface area contributed by atoms with E-state index >= 15 is 0 Å². The molecule has 0 saturated heterocycles. The van der Waals surface area contributed by atoms with E-state index in [1.807, 2.05) is 0 Å². The van der Waals surface area contributed by atoms with Crippen molar-refractivity contribution in [2.45, 2.75) is 19.3 Å². The van der Waals surface area contributed by atoms with Crippen molar-refractivity contribution in [2.75, 3.05) is 0 Å². The number of carboxylic acid groups (broad SMARTS) is 1. The van der Waals surface area contributed by atoms with Crippen LogP contribution in [0.15, 0.2) is 11.1 Å². The molecule has 0 aliphatic heterocycles. The van der Waals surface area contributed by atoms with Crippen molar-refractivity contribution in [3.8, 4) is 0 Å². The van der Waals surface area contributed by atoms with E-state index < -0.39 is 29.5 Å². The second-order valence-electron chi connectivity index (χ2n) is 2.30. The zero-order chi connectivity index (χ0) is 11.7. The van der Waals surface area contributed by atoms with Crippen molar-refractivity contribution in [3.63, 3.8) is 0 Å². The van der Waals surface area contributed by atoms with Crippen LogP contribution in [0, 0.1) is 0 Å². The summed E-state index contributed by atoms with van der Waals surface area (Å²) in [6.45, 7) is 0.0664. The number of carbonyl (C=O) groups is 1. The molecule has 2 nitrogen and oxygen atoms in total. The molecule has 0 aliphatic rings. The lowest BCUT2D eigenvalue weighted by molar-refractivity contribution is -0.149. The average molecular weight is 222 g/mol. The van der Waals surface area contributed by atoms with E-state index in [0.29, 0.717) is 0 Å². The number of hydrogen-bond acceptors (Lipinski definition) is 1. The van der Waals surface area contributed by atoms with Gasteiger partial charge >= 0.3 is 18.3 Å². The minimum Gasteiger partial charge on any atom is -0.478 e. The first-order valence-corrected chi connectivity index (χ1v) is 3.06. The standard InChI is InChI=1S/C6H4F6O2/c1-2(5(7,8)9)3(4(13)14)6(10,11)12/h1H3,(H,13,14)/b3-2+. The summed E-state index contributed by atoms with van der Waals surface area (Å²) in [5, 5.41) is 7.96. The normalized spacial score (nSPS) is 15.1. The summed E-state index contributed by atoms with van der Waals surface area (Å²) < 4.78 is 70.7. The lowest BCUT2D eigenvalue weighted by Gasteiger charge is -2.13. The fourth-order valence-corrected chi connectivity index (χ4v) is 0.636. The predicted octanol–water partition coefficient (Wildman–Crippen LogP) is 2.51. The Balaban J connectivity index is 5.53. The summed E-state index contributed by atoms with van der Waals surface area (Å²) in [6.07, 6.45) is -10.8. The average Bonchev–Trinajstić information content (AvgIpc) is 1.79. The van der Waals surface area contributed by atoms with Gasteiger partial charge in [0, 0.05) is 5.57 Å². The minimum absolute atomic E-state index is 0.0664. The van der Waals surface area contributed by atoms with Gasteiger partial charge in [-0.15, -0.1) is 0 Å². The highest BCUT2D eigenvalue weighted by molar-refractivity contribution is 5.89. The van der Waals surface area contributed by atoms with Crippen LogP contribution in [-0.2, 0) is 4.79 Å². The molecule has 14 heavy (non-hydrogen) atoms. The summed E-state index contributed by atoms with van der Waals surface area (Å²) in [5.74, 6) is -2.65. The summed E-state index contributed by atoms with van der Waals surface area (Å²) >= 11 is 0. The quantitative estimate of drug-likeness (QED) is 0.546. The number of rotatable bonds is 1. The van der Waals surface area contributed by atoms with Gasteiger partial charge in [0.2, 0.25) is 0 Å². The molecule has 0 saturated carbocycles. The zero-order valence-electron chi connectivity index (χ0n) is 6.62. The molecule has 8 heteroatoms. The number of hydrogen-bond donors (Lipinski definition) is 1. The van der Waals surface area contributed by atoms with E-state index in [-0.39, 0.29) is 6.92 Å². The first-order chi connectivity index (χ1) is 5.98. The molecule has 0 spiro atoms. The molecule has 1 N–H and O–H groups in total. The van der Waals surface area contributed by atoms with Gasteiger partial charge in [0.25, 0.3) is 0 Å². The second-order valence-corrected chi connectivity index (χ2v) is 2.30. The molecular weight excluding hydrogens is 218 g/mol. The SMILES string of the molecule is C/C(=C(/C(=O)O)C(F)(F)F)C(F)(F)F. The Morgan fingerprint density at radius 2 is 1.36 bits per heavy atom. The lowest BCUT2D eigenvalue weighted by Crippen LogP contribution is -2.26. The molecule has 0 unspecified atom stereocenters. The molecule has 0 amide bonds. The maximum absolute atomic E-state index is 11.8. The molecule has 0 atom stereocenters. The molecule has 0 fully saturated rings. The van der Waals surface area contributed by atoms with Gasteiger partial charge in [-0.25, -0.2) is 4.79 Å². The van der Waals surface area contributed by atoms with E-state index in [1.54, 1.807) is 0 Å². The third-order valence-corrected chi connectivity index (χ3v) is 1.30. The molecule has 0 rings (SSSR count). The molecule has 0 radical (unpaired) electrons. The Hall–Kier alpha value is -1.21. The van der Waals surface area contributed by atoms with E-state index in [9.17, 15) is 31.1 Å². The van der Waals surface area contributed by atoms with Crippen molar-refractivity contribution in [1.29, 1.82) is 0 Å². The van der Waals surface area contributed by atoms with Crippen LogP contribution in [0.5, 0.6) is 0 Å². The van der Waals surface area contributed by atoms with Crippen molar-refractivity contribution >= 4 is 5.97 Å². The van der Waals surface area contributed by atoms with Gasteiger partial charge in [0.05, 0.1) is 0 Å². The van der Waals surface area contributed by atoms with E-state index in [4.69, 9.17) is 5.11 Å². The predicted molar refractivity (Wildman–Crippen MR) is 32.4 cm³/mol. The Bertz CT molecular complexity index is 271. The van der Waals surface area contributed by atoms with Crippen LogP contribution < -0.4 is 0 Å². The van der Waals surface area contributed by atoms with Crippen molar-refractivity contribution in [1.82, 2.24) is 0 Å². The minimum atomic E-state index is -5.52. The molecular formula is C6H4F6O2. The van der Waals surface area contributed by atoms with Gasteiger partial charge in [-0.3, -0.25) is 0 Å². The van der Waals surface area contributed by atoms with E-state index in [0.717, 1.165) is 0 Å². The topological polar surface area (TPSA) is 37.3 Å². The highest BCUT2D eigenvalue weighted by atomic mass is 19.4. The number of alkyl halides is 6. The second kappa shape index (κ2) is 3.50. The van der Waals surface area contributed by atoms with Crippen molar-refractivity contribution < 1.29 is 36.2 Å². The molecule has 82 valence electrons. The van der Waals surface area contributed by atoms with Crippen LogP contribution in [0.25, 0.3) is 0 Å². The lowest BCUT2D eigenvalue weighted by atomic mass is 10.1. The Morgan fingerprint density at radius 1 is 1.00 bits per heavy atom. The third kappa shape index (κ3) is 2.93. The van der Waals surface area contributed by atoms with Crippen LogP contribution in [0.2, 0.25) is 0 Å². The van der Waals surface area contributed by atoms with Crippen LogP contribution in [0.1, 0.15) is 6.92 Å². The molecule has 0 aromatic heterocycles. The maximum Gasteiger partial charge on any atom is 0.423 e. The first kappa shape index (κ1) is 12.8. The van der Waals surface area contributed by atoms with Gasteiger partial charge in [-0.2, -0.15) is 26.3 Å². The molecule has 0 heterocycles. The third-order valence-electron chi connectivity index (χ3n) is 1.30. The smallest absolute Gasteiger partial charge is 0.423 e. The van der Waals surface area contributed by atoms with Crippen molar-refractivity contribution in [3.05, 3.63) is 11.1 Å². The first-order valence-electron chi connectivity index (χ1n) is 3.06. The fourth-order valence-electron chi connectivity index (χ4n) is 0.636. The van der Waals surface area contributed by atoms with E-state index in [1.165, 1.54) is 0 Å². The molecule has 0 aromatic carbocycles. The van der Waals surface area contributed by atoms with Gasteiger partial charge in [-0.05, 0) is 6.92 Å². The van der Waals surface area contributed by atoms with Crippen LogP contribution in [-0.4, -0.2) is 23.4 Å². The number of carboxylic acids is 1. The summed E-state index contributed by atoms with van der Waals surface area (Å²) in [4.78, 5) is 9.96. The Kier molecular flexibility index (Phi) is 3.20. The monoisotopic (exact) mass is 222 g/mol. The summed E-state index contributed by atoms with van der Waals surface area (Å²) in [7, 11) is 0. The zero-order valence-corrected chi connectivity index (χ0v) is 6.62. The van der Waals surface area contributed by atoms with E-state index in [2.05, 4.69) is 0 Å².